The molecule has 1 fully saturated rings. The first-order chi connectivity index (χ1) is 11.6. The number of carbonyl (C=O) groups is 1. The van der Waals surface area contributed by atoms with Crippen molar-refractivity contribution in [2.45, 2.75) is 51.7 Å². The molecule has 0 unspecified atom stereocenters. The second kappa shape index (κ2) is 7.43. The summed E-state index contributed by atoms with van der Waals surface area (Å²) in [5, 5.41) is 0. The summed E-state index contributed by atoms with van der Waals surface area (Å²) in [5.74, 6) is 1.05. The Morgan fingerprint density at radius 3 is 2.62 bits per heavy atom. The molecule has 1 aliphatic rings. The van der Waals surface area contributed by atoms with Crippen LogP contribution in [0, 0.1) is 0 Å². The SMILES string of the molecule is CC(C)Oc1cccc(C(=O)N(c2ccccn2)C2CCCC2)n1. The minimum atomic E-state index is -0.116. The lowest BCUT2D eigenvalue weighted by Gasteiger charge is -2.27. The van der Waals surface area contributed by atoms with E-state index in [2.05, 4.69) is 9.97 Å². The number of carbonyl (C=O) groups excluding carboxylic acids is 1. The topological polar surface area (TPSA) is 55.3 Å². The Bertz CT molecular complexity index is 682. The van der Waals surface area contributed by atoms with Crippen molar-refractivity contribution in [2.24, 2.45) is 0 Å². The quantitative estimate of drug-likeness (QED) is 0.838. The fourth-order valence-electron chi connectivity index (χ4n) is 3.08. The van der Waals surface area contributed by atoms with Crippen LogP contribution in [-0.2, 0) is 0 Å². The van der Waals surface area contributed by atoms with Gasteiger partial charge in [0.25, 0.3) is 5.91 Å². The van der Waals surface area contributed by atoms with Crippen LogP contribution in [0.3, 0.4) is 0 Å². The molecule has 5 nitrogen and oxygen atoms in total. The van der Waals surface area contributed by atoms with E-state index >= 15 is 0 Å². The second-order valence-corrected chi connectivity index (χ2v) is 6.33. The molecule has 0 N–H and O–H groups in total. The van der Waals surface area contributed by atoms with E-state index in [0.29, 0.717) is 17.4 Å². The fourth-order valence-corrected chi connectivity index (χ4v) is 3.08. The lowest BCUT2D eigenvalue weighted by atomic mass is 10.2. The maximum Gasteiger partial charge on any atom is 0.278 e. The normalized spacial score (nSPS) is 14.8. The van der Waals surface area contributed by atoms with E-state index in [1.807, 2.05) is 38.1 Å². The van der Waals surface area contributed by atoms with E-state index in [0.717, 1.165) is 25.7 Å². The van der Waals surface area contributed by atoms with Crippen LogP contribution >= 0.6 is 0 Å². The Morgan fingerprint density at radius 2 is 1.96 bits per heavy atom. The number of hydrogen-bond acceptors (Lipinski definition) is 4. The number of hydrogen-bond donors (Lipinski definition) is 0. The van der Waals surface area contributed by atoms with Crippen LogP contribution in [0.1, 0.15) is 50.0 Å². The Hall–Kier alpha value is -2.43. The molecule has 3 rings (SSSR count). The molecule has 0 atom stereocenters. The van der Waals surface area contributed by atoms with Gasteiger partial charge < -0.3 is 4.74 Å². The highest BCUT2D eigenvalue weighted by Crippen LogP contribution is 2.28. The molecule has 1 aliphatic carbocycles. The van der Waals surface area contributed by atoms with Gasteiger partial charge in [-0.15, -0.1) is 0 Å². The number of ether oxygens (including phenoxy) is 1. The van der Waals surface area contributed by atoms with E-state index in [1.54, 1.807) is 23.2 Å². The Labute approximate surface area is 142 Å². The van der Waals surface area contributed by atoms with Crippen molar-refractivity contribution < 1.29 is 9.53 Å². The molecule has 0 aliphatic heterocycles. The molecule has 0 spiro atoms. The van der Waals surface area contributed by atoms with Crippen molar-refractivity contribution in [3.8, 4) is 5.88 Å². The summed E-state index contributed by atoms with van der Waals surface area (Å²) >= 11 is 0. The first-order valence-electron chi connectivity index (χ1n) is 8.53. The minimum Gasteiger partial charge on any atom is -0.475 e. The van der Waals surface area contributed by atoms with Crippen molar-refractivity contribution >= 4 is 11.7 Å². The standard InChI is InChI=1S/C19H23N3O2/c1-14(2)24-18-12-7-10-16(21-18)19(23)22(15-8-3-4-9-15)17-11-5-6-13-20-17/h5-7,10-15H,3-4,8-9H2,1-2H3. The molecular weight excluding hydrogens is 302 g/mol. The van der Waals surface area contributed by atoms with Gasteiger partial charge in [0.15, 0.2) is 0 Å². The Balaban J connectivity index is 1.91. The molecule has 126 valence electrons. The summed E-state index contributed by atoms with van der Waals surface area (Å²) in [7, 11) is 0. The summed E-state index contributed by atoms with van der Waals surface area (Å²) in [6, 6.07) is 11.1. The average Bonchev–Trinajstić information content (AvgIpc) is 3.10. The van der Waals surface area contributed by atoms with Gasteiger partial charge in [0, 0.05) is 18.3 Å². The zero-order valence-corrected chi connectivity index (χ0v) is 14.2. The van der Waals surface area contributed by atoms with E-state index in [4.69, 9.17) is 4.74 Å². The number of pyridine rings is 2. The van der Waals surface area contributed by atoms with Crippen molar-refractivity contribution in [3.63, 3.8) is 0 Å². The predicted molar refractivity (Wildman–Crippen MR) is 93.3 cm³/mol. The van der Waals surface area contributed by atoms with Crippen molar-refractivity contribution in [3.05, 3.63) is 48.3 Å². The van der Waals surface area contributed by atoms with E-state index in [1.165, 1.54) is 0 Å². The molecule has 0 bridgehead atoms. The number of anilines is 1. The van der Waals surface area contributed by atoms with Crippen molar-refractivity contribution in [1.29, 1.82) is 0 Å². The number of rotatable bonds is 5. The smallest absolute Gasteiger partial charge is 0.278 e. The maximum atomic E-state index is 13.1. The molecule has 5 heteroatoms. The van der Waals surface area contributed by atoms with Crippen LogP contribution in [0.2, 0.25) is 0 Å². The van der Waals surface area contributed by atoms with Crippen molar-refractivity contribution in [1.82, 2.24) is 9.97 Å². The van der Waals surface area contributed by atoms with Gasteiger partial charge in [0.2, 0.25) is 5.88 Å². The highest BCUT2D eigenvalue weighted by atomic mass is 16.5. The molecule has 2 heterocycles. The van der Waals surface area contributed by atoms with Gasteiger partial charge >= 0.3 is 0 Å². The lowest BCUT2D eigenvalue weighted by molar-refractivity contribution is 0.0969. The minimum absolute atomic E-state index is 0.0181. The number of nitrogens with zero attached hydrogens (tertiary/aromatic N) is 3. The van der Waals surface area contributed by atoms with Crippen LogP contribution in [0.15, 0.2) is 42.6 Å². The van der Waals surface area contributed by atoms with Gasteiger partial charge in [0.1, 0.15) is 11.5 Å². The largest absolute Gasteiger partial charge is 0.475 e. The summed E-state index contributed by atoms with van der Waals surface area (Å²) < 4.78 is 5.62. The third-order valence-electron chi connectivity index (χ3n) is 4.10. The average molecular weight is 325 g/mol. The van der Waals surface area contributed by atoms with E-state index in [9.17, 15) is 4.79 Å². The summed E-state index contributed by atoms with van der Waals surface area (Å²) in [6.45, 7) is 3.88. The molecule has 0 aromatic carbocycles. The predicted octanol–water partition coefficient (Wildman–Crippen LogP) is 3.85. The van der Waals surface area contributed by atoms with Gasteiger partial charge in [-0.25, -0.2) is 9.97 Å². The summed E-state index contributed by atoms with van der Waals surface area (Å²) in [4.78, 5) is 23.7. The summed E-state index contributed by atoms with van der Waals surface area (Å²) in [6.07, 6.45) is 6.03. The third-order valence-corrected chi connectivity index (χ3v) is 4.10. The van der Waals surface area contributed by atoms with Gasteiger partial charge in [-0.2, -0.15) is 0 Å². The highest BCUT2D eigenvalue weighted by molar-refractivity contribution is 6.04. The van der Waals surface area contributed by atoms with Crippen LogP contribution in [0.4, 0.5) is 5.82 Å². The van der Waals surface area contributed by atoms with Crippen LogP contribution in [-0.4, -0.2) is 28.0 Å². The maximum absolute atomic E-state index is 13.1. The van der Waals surface area contributed by atoms with Crippen LogP contribution in [0.5, 0.6) is 5.88 Å². The van der Waals surface area contributed by atoms with Crippen LogP contribution in [0.25, 0.3) is 0 Å². The van der Waals surface area contributed by atoms with E-state index < -0.39 is 0 Å². The molecule has 2 aromatic heterocycles. The van der Waals surface area contributed by atoms with Gasteiger partial charge in [-0.05, 0) is 44.9 Å². The number of amides is 1. The molecule has 1 saturated carbocycles. The third kappa shape index (κ3) is 3.72. The first kappa shape index (κ1) is 16.4. The molecule has 24 heavy (non-hydrogen) atoms. The Morgan fingerprint density at radius 1 is 1.17 bits per heavy atom. The fraction of sp³-hybridized carbons (Fsp3) is 0.421. The second-order valence-electron chi connectivity index (χ2n) is 6.33. The molecule has 0 radical (unpaired) electrons. The monoisotopic (exact) mass is 325 g/mol. The van der Waals surface area contributed by atoms with Crippen molar-refractivity contribution in [2.75, 3.05) is 4.90 Å². The zero-order chi connectivity index (χ0) is 16.9. The Kier molecular flexibility index (Phi) is 5.08. The zero-order valence-electron chi connectivity index (χ0n) is 14.2. The molecule has 0 saturated heterocycles. The summed E-state index contributed by atoms with van der Waals surface area (Å²) in [5.41, 5.74) is 0.394. The lowest BCUT2D eigenvalue weighted by Crippen LogP contribution is -2.40. The van der Waals surface area contributed by atoms with Gasteiger partial charge in [0.05, 0.1) is 6.10 Å². The molecule has 1 amide bonds. The van der Waals surface area contributed by atoms with Gasteiger partial charge in [-0.3, -0.25) is 9.69 Å². The first-order valence-corrected chi connectivity index (χ1v) is 8.53. The molecule has 2 aromatic rings. The number of aromatic nitrogens is 2. The highest BCUT2D eigenvalue weighted by Gasteiger charge is 2.30. The van der Waals surface area contributed by atoms with E-state index in [-0.39, 0.29) is 18.1 Å². The van der Waals surface area contributed by atoms with Gasteiger partial charge in [-0.1, -0.05) is 25.0 Å². The van der Waals surface area contributed by atoms with Crippen LogP contribution < -0.4 is 9.64 Å². The molecular formula is C19H23N3O2.